The van der Waals surface area contributed by atoms with Gasteiger partial charge in [-0.3, -0.25) is 9.59 Å². The molecule has 1 atom stereocenters. The molecule has 2 aromatic rings. The van der Waals surface area contributed by atoms with Crippen LogP contribution in [0.25, 0.3) is 0 Å². The van der Waals surface area contributed by atoms with Gasteiger partial charge in [0.1, 0.15) is 0 Å². The van der Waals surface area contributed by atoms with Gasteiger partial charge in [-0.25, -0.2) is 12.7 Å². The average molecular weight is 484 g/mol. The Balaban J connectivity index is 1.63. The van der Waals surface area contributed by atoms with Crippen molar-refractivity contribution < 1.29 is 18.0 Å². The number of hydrogen-bond acceptors (Lipinski definition) is 4. The van der Waals surface area contributed by atoms with Crippen LogP contribution in [0.5, 0.6) is 0 Å². The Bertz CT molecular complexity index is 1070. The Morgan fingerprint density at radius 1 is 1.06 bits per heavy atom. The number of amides is 2. The van der Waals surface area contributed by atoms with Crippen LogP contribution in [-0.2, 0) is 25.4 Å². The van der Waals surface area contributed by atoms with Gasteiger partial charge in [0.15, 0.2) is 0 Å². The van der Waals surface area contributed by atoms with Crippen molar-refractivity contribution >= 4 is 56.4 Å². The van der Waals surface area contributed by atoms with E-state index in [0.717, 1.165) is 0 Å². The first kappa shape index (κ1) is 23.5. The zero-order valence-electron chi connectivity index (χ0n) is 16.9. The molecule has 0 unspecified atom stereocenters. The van der Waals surface area contributed by atoms with Crippen LogP contribution in [0.1, 0.15) is 25.3 Å². The normalized spacial score (nSPS) is 17.2. The summed E-state index contributed by atoms with van der Waals surface area (Å²) in [5, 5.41) is 6.21. The Labute approximate surface area is 191 Å². The molecule has 0 aromatic heterocycles. The Kier molecular flexibility index (Phi) is 7.59. The number of benzene rings is 2. The van der Waals surface area contributed by atoms with Crippen molar-refractivity contribution in [3.05, 3.63) is 58.1 Å². The largest absolute Gasteiger partial charge is 0.326 e. The summed E-state index contributed by atoms with van der Waals surface area (Å²) in [6.07, 6.45) is 1.19. The van der Waals surface area contributed by atoms with E-state index >= 15 is 0 Å². The molecule has 2 aromatic carbocycles. The van der Waals surface area contributed by atoms with Gasteiger partial charge >= 0.3 is 0 Å². The maximum Gasteiger partial charge on any atom is 0.228 e. The van der Waals surface area contributed by atoms with Crippen molar-refractivity contribution in [2.75, 3.05) is 23.7 Å². The lowest BCUT2D eigenvalue weighted by atomic mass is 9.98. The molecule has 31 heavy (non-hydrogen) atoms. The second kappa shape index (κ2) is 9.99. The minimum absolute atomic E-state index is 0.114. The molecule has 10 heteroatoms. The molecular formula is C21H23Cl2N3O4S. The fraction of sp³-hybridized carbons (Fsp3) is 0.333. The van der Waals surface area contributed by atoms with E-state index in [0.29, 0.717) is 46.4 Å². The van der Waals surface area contributed by atoms with Gasteiger partial charge in [-0.2, -0.15) is 0 Å². The molecule has 1 heterocycles. The second-order valence-electron chi connectivity index (χ2n) is 7.44. The number of sulfonamides is 1. The van der Waals surface area contributed by atoms with Crippen LogP contribution in [-0.4, -0.2) is 37.6 Å². The van der Waals surface area contributed by atoms with Crippen LogP contribution >= 0.6 is 23.2 Å². The molecule has 0 bridgehead atoms. The topological polar surface area (TPSA) is 95.6 Å². The zero-order chi connectivity index (χ0) is 22.6. The van der Waals surface area contributed by atoms with Gasteiger partial charge in [-0.15, -0.1) is 0 Å². The minimum Gasteiger partial charge on any atom is -0.326 e. The minimum atomic E-state index is -3.64. The zero-order valence-corrected chi connectivity index (χ0v) is 19.2. The summed E-state index contributed by atoms with van der Waals surface area (Å²) in [6, 6.07) is 11.4. The molecule has 1 fully saturated rings. The van der Waals surface area contributed by atoms with E-state index in [1.807, 2.05) is 0 Å². The Hall–Kier alpha value is -2.13. The number of halogens is 2. The lowest BCUT2D eigenvalue weighted by Crippen LogP contribution is -2.44. The fourth-order valence-electron chi connectivity index (χ4n) is 3.42. The van der Waals surface area contributed by atoms with Crippen LogP contribution in [0.4, 0.5) is 11.4 Å². The van der Waals surface area contributed by atoms with Crippen molar-refractivity contribution in [3.8, 4) is 0 Å². The predicted octanol–water partition coefficient (Wildman–Crippen LogP) is 4.13. The first-order valence-electron chi connectivity index (χ1n) is 9.74. The molecule has 0 radical (unpaired) electrons. The maximum absolute atomic E-state index is 12.9. The van der Waals surface area contributed by atoms with E-state index in [1.54, 1.807) is 36.4 Å². The quantitative estimate of drug-likeness (QED) is 0.645. The van der Waals surface area contributed by atoms with Gasteiger partial charge in [-0.05, 0) is 54.8 Å². The van der Waals surface area contributed by atoms with Crippen LogP contribution in [0, 0.1) is 5.92 Å². The summed E-state index contributed by atoms with van der Waals surface area (Å²) >= 11 is 12.0. The van der Waals surface area contributed by atoms with Crippen molar-refractivity contribution in [2.45, 2.75) is 25.5 Å². The molecule has 1 aliphatic rings. The van der Waals surface area contributed by atoms with Gasteiger partial charge in [0.2, 0.25) is 21.8 Å². The smallest absolute Gasteiger partial charge is 0.228 e. The summed E-state index contributed by atoms with van der Waals surface area (Å²) in [5.41, 5.74) is 1.67. The van der Waals surface area contributed by atoms with Crippen LogP contribution in [0.2, 0.25) is 10.0 Å². The standard InChI is InChI=1S/C21H23Cl2N3O4S/c1-14(27)24-18-6-8-19(9-7-18)25-21(28)15-3-2-10-26(12-15)31(29,30)13-16-4-5-17(22)11-20(16)23/h4-9,11,15H,2-3,10,12-13H2,1H3,(H,24,27)(H,25,28)/t15-/m0/s1. The third kappa shape index (κ3) is 6.43. The molecule has 1 aliphatic heterocycles. The summed E-state index contributed by atoms with van der Waals surface area (Å²) < 4.78 is 27.2. The van der Waals surface area contributed by atoms with Crippen LogP contribution in [0.3, 0.4) is 0 Å². The van der Waals surface area contributed by atoms with Crippen molar-refractivity contribution in [2.24, 2.45) is 5.92 Å². The van der Waals surface area contributed by atoms with Crippen LogP contribution < -0.4 is 10.6 Å². The first-order valence-corrected chi connectivity index (χ1v) is 12.1. The third-order valence-electron chi connectivity index (χ3n) is 4.97. The van der Waals surface area contributed by atoms with E-state index in [1.165, 1.54) is 17.3 Å². The van der Waals surface area contributed by atoms with E-state index < -0.39 is 15.9 Å². The summed E-state index contributed by atoms with van der Waals surface area (Å²) in [5.74, 6) is -1.13. The summed E-state index contributed by atoms with van der Waals surface area (Å²) in [7, 11) is -3.64. The van der Waals surface area contributed by atoms with Gasteiger partial charge in [-0.1, -0.05) is 29.3 Å². The highest BCUT2D eigenvalue weighted by molar-refractivity contribution is 7.88. The molecule has 2 amide bonds. The SMILES string of the molecule is CC(=O)Nc1ccc(NC(=O)[C@H]2CCCN(S(=O)(=O)Cc3ccc(Cl)cc3Cl)C2)cc1. The van der Waals surface area contributed by atoms with E-state index in [-0.39, 0.29) is 24.1 Å². The van der Waals surface area contributed by atoms with E-state index in [4.69, 9.17) is 23.2 Å². The lowest BCUT2D eigenvalue weighted by molar-refractivity contribution is -0.121. The number of anilines is 2. The highest BCUT2D eigenvalue weighted by Crippen LogP contribution is 2.27. The highest BCUT2D eigenvalue weighted by atomic mass is 35.5. The number of hydrogen-bond donors (Lipinski definition) is 2. The number of carbonyl (C=O) groups excluding carboxylic acids is 2. The predicted molar refractivity (Wildman–Crippen MR) is 123 cm³/mol. The summed E-state index contributed by atoms with van der Waals surface area (Å²) in [6.45, 7) is 1.89. The van der Waals surface area contributed by atoms with Gasteiger partial charge in [0.05, 0.1) is 11.7 Å². The Morgan fingerprint density at radius 2 is 1.71 bits per heavy atom. The molecule has 2 N–H and O–H groups in total. The molecule has 166 valence electrons. The second-order valence-corrected chi connectivity index (χ2v) is 10.2. The molecule has 3 rings (SSSR count). The number of carbonyl (C=O) groups is 2. The van der Waals surface area contributed by atoms with Crippen molar-refractivity contribution in [1.82, 2.24) is 4.31 Å². The monoisotopic (exact) mass is 483 g/mol. The number of rotatable bonds is 6. The average Bonchev–Trinajstić information content (AvgIpc) is 2.71. The molecule has 0 spiro atoms. The lowest BCUT2D eigenvalue weighted by Gasteiger charge is -2.31. The van der Waals surface area contributed by atoms with Crippen molar-refractivity contribution in [3.63, 3.8) is 0 Å². The highest BCUT2D eigenvalue weighted by Gasteiger charge is 2.32. The summed E-state index contributed by atoms with van der Waals surface area (Å²) in [4.78, 5) is 23.8. The van der Waals surface area contributed by atoms with Crippen LogP contribution in [0.15, 0.2) is 42.5 Å². The molecular weight excluding hydrogens is 461 g/mol. The van der Waals surface area contributed by atoms with Gasteiger partial charge < -0.3 is 10.6 Å². The maximum atomic E-state index is 12.9. The van der Waals surface area contributed by atoms with E-state index in [9.17, 15) is 18.0 Å². The third-order valence-corrected chi connectivity index (χ3v) is 7.36. The Morgan fingerprint density at radius 3 is 2.32 bits per heavy atom. The molecule has 0 saturated carbocycles. The first-order chi connectivity index (χ1) is 14.6. The fourth-order valence-corrected chi connectivity index (χ4v) is 5.62. The number of piperidine rings is 1. The molecule has 7 nitrogen and oxygen atoms in total. The number of nitrogens with zero attached hydrogens (tertiary/aromatic N) is 1. The molecule has 0 aliphatic carbocycles. The molecule has 1 saturated heterocycles. The van der Waals surface area contributed by atoms with Gasteiger partial charge in [0.25, 0.3) is 0 Å². The van der Waals surface area contributed by atoms with E-state index in [2.05, 4.69) is 10.6 Å². The van der Waals surface area contributed by atoms with Gasteiger partial charge in [0, 0.05) is 41.4 Å². The number of nitrogens with one attached hydrogen (secondary N) is 2. The van der Waals surface area contributed by atoms with Crippen molar-refractivity contribution in [1.29, 1.82) is 0 Å².